The zero-order chi connectivity index (χ0) is 18.0. The van der Waals surface area contributed by atoms with Crippen LogP contribution in [0.15, 0.2) is 54.6 Å². The van der Waals surface area contributed by atoms with Crippen molar-refractivity contribution < 1.29 is 18.0 Å². The van der Waals surface area contributed by atoms with Crippen LogP contribution < -0.4 is 5.73 Å². The molecule has 26 heavy (non-hydrogen) atoms. The molecular weight excluding hydrogens is 365 g/mol. The zero-order valence-electron chi connectivity index (χ0n) is 13.9. The van der Waals surface area contributed by atoms with E-state index in [-0.39, 0.29) is 37.3 Å². The van der Waals surface area contributed by atoms with Crippen LogP contribution in [0.2, 0.25) is 0 Å². The number of amides is 1. The van der Waals surface area contributed by atoms with Crippen molar-refractivity contribution in [2.75, 3.05) is 19.6 Å². The number of nitrogens with two attached hydrogens (primary N) is 1. The highest BCUT2D eigenvalue weighted by molar-refractivity contribution is 5.85. The first-order valence-electron chi connectivity index (χ1n) is 8.11. The molecule has 0 bridgehead atoms. The Kier molecular flexibility index (Phi) is 6.31. The predicted octanol–water partition coefficient (Wildman–Crippen LogP) is 3.54. The number of alkyl halides is 2. The van der Waals surface area contributed by atoms with Gasteiger partial charge in [0.25, 0.3) is 5.91 Å². The summed E-state index contributed by atoms with van der Waals surface area (Å²) in [6.07, 6.45) is 0. The van der Waals surface area contributed by atoms with Gasteiger partial charge in [-0.1, -0.05) is 30.3 Å². The van der Waals surface area contributed by atoms with E-state index in [9.17, 15) is 18.0 Å². The van der Waals surface area contributed by atoms with E-state index in [1.807, 2.05) is 30.3 Å². The van der Waals surface area contributed by atoms with Gasteiger partial charge < -0.3 is 10.6 Å². The van der Waals surface area contributed by atoms with Gasteiger partial charge in [-0.15, -0.1) is 12.4 Å². The number of likely N-dealkylation sites (tertiary alicyclic amines) is 1. The van der Waals surface area contributed by atoms with Gasteiger partial charge in [0.2, 0.25) is 0 Å². The molecule has 3 rings (SSSR count). The summed E-state index contributed by atoms with van der Waals surface area (Å²) in [6, 6.07) is 13.2. The standard InChI is InChI=1S/C19H19F3N2O.ClH/c20-16-8-6-15(7-9-16)19(21,22)18(25)24-11-14(10-23)17(12-24)13-4-2-1-3-5-13;/h1-9,14,17H,10-12,23H2;1H/t14-,17+;/m1./s1. The third kappa shape index (κ3) is 3.86. The SMILES string of the molecule is Cl.NC[C@@H]1CN(C(=O)C(F)(F)c2ccc(F)cc2)C[C@H]1c1ccccc1. The lowest BCUT2D eigenvalue weighted by Gasteiger charge is -2.23. The lowest BCUT2D eigenvalue weighted by molar-refractivity contribution is -0.158. The predicted molar refractivity (Wildman–Crippen MR) is 95.8 cm³/mol. The van der Waals surface area contributed by atoms with Crippen LogP contribution in [0.25, 0.3) is 0 Å². The Hall–Kier alpha value is -2.05. The number of hydrogen-bond donors (Lipinski definition) is 1. The van der Waals surface area contributed by atoms with Crippen molar-refractivity contribution in [2.24, 2.45) is 11.7 Å². The molecule has 0 aliphatic carbocycles. The number of carbonyl (C=O) groups is 1. The fourth-order valence-corrected chi connectivity index (χ4v) is 3.34. The largest absolute Gasteiger partial charge is 0.349 e. The number of rotatable bonds is 4. The average molecular weight is 385 g/mol. The molecule has 1 heterocycles. The summed E-state index contributed by atoms with van der Waals surface area (Å²) in [5, 5.41) is 0. The van der Waals surface area contributed by atoms with Gasteiger partial charge in [0.05, 0.1) is 0 Å². The lowest BCUT2D eigenvalue weighted by Crippen LogP contribution is -2.41. The summed E-state index contributed by atoms with van der Waals surface area (Å²) >= 11 is 0. The van der Waals surface area contributed by atoms with E-state index in [1.54, 1.807) is 0 Å². The van der Waals surface area contributed by atoms with Gasteiger partial charge in [0.1, 0.15) is 5.82 Å². The smallest absolute Gasteiger partial charge is 0.336 e. The number of carbonyl (C=O) groups excluding carboxylic acids is 1. The molecule has 7 heteroatoms. The second-order valence-corrected chi connectivity index (χ2v) is 6.30. The van der Waals surface area contributed by atoms with Crippen molar-refractivity contribution in [1.82, 2.24) is 4.90 Å². The minimum absolute atomic E-state index is 0. The Morgan fingerprint density at radius 2 is 1.69 bits per heavy atom. The molecule has 2 atom stereocenters. The first kappa shape index (κ1) is 20.3. The van der Waals surface area contributed by atoms with Crippen molar-refractivity contribution in [3.05, 3.63) is 71.5 Å². The van der Waals surface area contributed by atoms with E-state index in [4.69, 9.17) is 5.73 Å². The molecule has 2 aromatic rings. The zero-order valence-corrected chi connectivity index (χ0v) is 14.8. The van der Waals surface area contributed by atoms with Gasteiger partial charge >= 0.3 is 5.92 Å². The van der Waals surface area contributed by atoms with Gasteiger partial charge in [-0.3, -0.25) is 4.79 Å². The van der Waals surface area contributed by atoms with E-state index < -0.39 is 23.2 Å². The molecule has 1 aliphatic heterocycles. The monoisotopic (exact) mass is 384 g/mol. The maximum atomic E-state index is 14.5. The second-order valence-electron chi connectivity index (χ2n) is 6.30. The molecule has 1 aliphatic rings. The molecule has 140 valence electrons. The van der Waals surface area contributed by atoms with Gasteiger partial charge in [-0.25, -0.2) is 4.39 Å². The van der Waals surface area contributed by atoms with Gasteiger partial charge in [-0.2, -0.15) is 8.78 Å². The van der Waals surface area contributed by atoms with Gasteiger partial charge in [0.15, 0.2) is 0 Å². The van der Waals surface area contributed by atoms with Gasteiger partial charge in [0, 0.05) is 24.6 Å². The molecule has 2 aromatic carbocycles. The summed E-state index contributed by atoms with van der Waals surface area (Å²) in [5.41, 5.74) is 6.27. The maximum absolute atomic E-state index is 14.5. The fraction of sp³-hybridized carbons (Fsp3) is 0.316. The number of halogens is 4. The highest BCUT2D eigenvalue weighted by Crippen LogP contribution is 2.37. The minimum Gasteiger partial charge on any atom is -0.336 e. The normalized spacial score (nSPS) is 19.9. The van der Waals surface area contributed by atoms with E-state index in [2.05, 4.69) is 0 Å². The van der Waals surface area contributed by atoms with E-state index in [0.717, 1.165) is 29.8 Å². The summed E-state index contributed by atoms with van der Waals surface area (Å²) < 4.78 is 42.1. The minimum atomic E-state index is -3.70. The molecule has 1 amide bonds. The Balaban J connectivity index is 0.00000243. The summed E-state index contributed by atoms with van der Waals surface area (Å²) in [6.45, 7) is 0.693. The Labute approximate surface area is 156 Å². The summed E-state index contributed by atoms with van der Waals surface area (Å²) in [7, 11) is 0. The van der Waals surface area contributed by atoms with E-state index in [0.29, 0.717) is 6.54 Å². The highest BCUT2D eigenvalue weighted by atomic mass is 35.5. The first-order chi connectivity index (χ1) is 11.9. The molecule has 0 spiro atoms. The molecule has 0 radical (unpaired) electrons. The van der Waals surface area contributed by atoms with Crippen LogP contribution in [0.3, 0.4) is 0 Å². The molecule has 0 saturated carbocycles. The van der Waals surface area contributed by atoms with Crippen molar-refractivity contribution in [3.63, 3.8) is 0 Å². The van der Waals surface area contributed by atoms with Crippen LogP contribution in [0.5, 0.6) is 0 Å². The van der Waals surface area contributed by atoms with Crippen molar-refractivity contribution in [2.45, 2.75) is 11.8 Å². The van der Waals surface area contributed by atoms with Crippen LogP contribution in [0.1, 0.15) is 17.0 Å². The molecule has 0 aromatic heterocycles. The van der Waals surface area contributed by atoms with E-state index in [1.165, 1.54) is 4.90 Å². The molecule has 3 nitrogen and oxygen atoms in total. The summed E-state index contributed by atoms with van der Waals surface area (Å²) in [5.74, 6) is -5.73. The Bertz CT molecular complexity index is 740. The highest BCUT2D eigenvalue weighted by Gasteiger charge is 2.47. The maximum Gasteiger partial charge on any atom is 0.349 e. The third-order valence-corrected chi connectivity index (χ3v) is 4.73. The van der Waals surface area contributed by atoms with Crippen molar-refractivity contribution >= 4 is 18.3 Å². The van der Waals surface area contributed by atoms with Crippen molar-refractivity contribution in [1.29, 1.82) is 0 Å². The lowest BCUT2D eigenvalue weighted by atomic mass is 9.89. The Morgan fingerprint density at radius 1 is 1.08 bits per heavy atom. The quantitative estimate of drug-likeness (QED) is 0.876. The Morgan fingerprint density at radius 3 is 2.27 bits per heavy atom. The van der Waals surface area contributed by atoms with Crippen LogP contribution in [0, 0.1) is 11.7 Å². The third-order valence-electron chi connectivity index (χ3n) is 4.73. The molecule has 1 saturated heterocycles. The number of nitrogens with zero attached hydrogens (tertiary/aromatic N) is 1. The molecule has 0 unspecified atom stereocenters. The molecule has 1 fully saturated rings. The van der Waals surface area contributed by atoms with Crippen molar-refractivity contribution in [3.8, 4) is 0 Å². The van der Waals surface area contributed by atoms with Crippen LogP contribution in [-0.2, 0) is 10.7 Å². The van der Waals surface area contributed by atoms with Crippen LogP contribution in [-0.4, -0.2) is 30.4 Å². The summed E-state index contributed by atoms with van der Waals surface area (Å²) in [4.78, 5) is 13.6. The number of benzene rings is 2. The topological polar surface area (TPSA) is 46.3 Å². The van der Waals surface area contributed by atoms with Crippen LogP contribution >= 0.6 is 12.4 Å². The average Bonchev–Trinajstić information content (AvgIpc) is 3.06. The van der Waals surface area contributed by atoms with Gasteiger partial charge in [-0.05, 0) is 42.3 Å². The number of hydrogen-bond acceptors (Lipinski definition) is 2. The van der Waals surface area contributed by atoms with Crippen LogP contribution in [0.4, 0.5) is 13.2 Å². The first-order valence-corrected chi connectivity index (χ1v) is 8.11. The second kappa shape index (κ2) is 8.10. The van der Waals surface area contributed by atoms with E-state index >= 15 is 0 Å². The fourth-order valence-electron chi connectivity index (χ4n) is 3.34. The molecular formula is C19H20ClF3N2O. The molecule has 2 N–H and O–H groups in total.